The predicted molar refractivity (Wildman–Crippen MR) is 74.3 cm³/mol. The van der Waals surface area contributed by atoms with Gasteiger partial charge in [0, 0.05) is 0 Å². The summed E-state index contributed by atoms with van der Waals surface area (Å²) in [5, 5.41) is 0. The third-order valence-corrected chi connectivity index (χ3v) is 4.00. The molecule has 0 rings (SSSR count). The lowest BCUT2D eigenvalue weighted by Gasteiger charge is -2.40. The molecule has 1 unspecified atom stereocenters. The number of aldehydes is 1. The maximum atomic E-state index is 13.9. The Balaban J connectivity index is 6.18. The number of likely N-dealkylation sites (N-methyl/N-ethyl adjacent to an activating group) is 1. The van der Waals surface area contributed by atoms with Gasteiger partial charge in [0.05, 0.1) is 20.5 Å². The lowest BCUT2D eigenvalue weighted by molar-refractivity contribution is -0.884. The van der Waals surface area contributed by atoms with Gasteiger partial charge in [-0.15, -0.1) is 0 Å². The number of nitrogens with zero attached hydrogens (tertiary/aromatic N) is 1. The molecule has 0 aliphatic heterocycles. The van der Waals surface area contributed by atoms with E-state index in [1.807, 2.05) is 0 Å². The number of alkyl halides is 13. The van der Waals surface area contributed by atoms with Crippen LogP contribution in [0.5, 0.6) is 0 Å². The van der Waals surface area contributed by atoms with Gasteiger partial charge in [0.1, 0.15) is 13.1 Å². The summed E-state index contributed by atoms with van der Waals surface area (Å²) in [6.07, 6.45) is -12.4. The van der Waals surface area contributed by atoms with Gasteiger partial charge in [0.15, 0.2) is 12.4 Å². The first kappa shape index (κ1) is 29.2. The minimum absolute atomic E-state index is 0.193. The van der Waals surface area contributed by atoms with Crippen LogP contribution < -0.4 is 0 Å². The lowest BCUT2D eigenvalue weighted by Crippen LogP contribution is -2.70. The fraction of sp³-hybridized carbons (Fsp3) is 0.857. The van der Waals surface area contributed by atoms with E-state index in [2.05, 4.69) is 4.74 Å². The second kappa shape index (κ2) is 8.61. The van der Waals surface area contributed by atoms with Gasteiger partial charge in [0.2, 0.25) is 0 Å². The highest BCUT2D eigenvalue weighted by Crippen LogP contribution is 2.60. The highest BCUT2D eigenvalue weighted by Gasteiger charge is 2.90. The predicted octanol–water partition coefficient (Wildman–Crippen LogP) is 3.93. The van der Waals surface area contributed by atoms with E-state index in [1.165, 1.54) is 0 Å². The summed E-state index contributed by atoms with van der Waals surface area (Å²) < 4.78 is 173. The van der Waals surface area contributed by atoms with E-state index in [9.17, 15) is 66.7 Å². The quantitative estimate of drug-likeness (QED) is 0.236. The van der Waals surface area contributed by atoms with Gasteiger partial charge < -0.3 is 9.22 Å². The van der Waals surface area contributed by atoms with Gasteiger partial charge in [-0.05, 0) is 0 Å². The minimum atomic E-state index is -8.00. The molecule has 0 aliphatic carbocycles. The maximum Gasteiger partial charge on any atom is 0.460 e. The number of quaternary nitrogens is 1. The van der Waals surface area contributed by atoms with Crippen molar-refractivity contribution in [3.05, 3.63) is 0 Å². The third-order valence-electron chi connectivity index (χ3n) is 4.00. The first-order valence-corrected chi connectivity index (χ1v) is 7.75. The minimum Gasteiger partial charge on any atom is -0.458 e. The molecule has 0 aromatic carbocycles. The standard InChI is InChI=1S/C14H15F13NO3/c1-28(2,3-4-29)6-8(31-7-30)5-9(15,16)10(17,18)11(19,20)12(21,22)13(23,24)14(25,26)27/h4,7-8H,3,5-6H2,1-2H3/q+1. The Bertz CT molecular complexity index is 646. The van der Waals surface area contributed by atoms with Gasteiger partial charge in [-0.25, -0.2) is 0 Å². The molecule has 0 aliphatic rings. The molecule has 0 bridgehead atoms. The molecule has 31 heavy (non-hydrogen) atoms. The molecule has 1 atom stereocenters. The zero-order chi connectivity index (χ0) is 25.3. The van der Waals surface area contributed by atoms with Crippen LogP contribution in [0.3, 0.4) is 0 Å². The van der Waals surface area contributed by atoms with Crippen molar-refractivity contribution in [3.63, 3.8) is 0 Å². The van der Waals surface area contributed by atoms with Crippen LogP contribution in [-0.2, 0) is 14.3 Å². The van der Waals surface area contributed by atoms with E-state index in [0.29, 0.717) is 0 Å². The van der Waals surface area contributed by atoms with Gasteiger partial charge in [0.25, 0.3) is 6.47 Å². The highest BCUT2D eigenvalue weighted by atomic mass is 19.4. The van der Waals surface area contributed by atoms with Crippen LogP contribution >= 0.6 is 0 Å². The Morgan fingerprint density at radius 3 is 1.52 bits per heavy atom. The van der Waals surface area contributed by atoms with E-state index in [-0.39, 0.29) is 6.29 Å². The molecule has 0 spiro atoms. The number of ether oxygens (including phenoxy) is 1. The van der Waals surface area contributed by atoms with Crippen LogP contribution in [0.2, 0.25) is 0 Å². The molecule has 0 heterocycles. The van der Waals surface area contributed by atoms with Crippen molar-refractivity contribution in [2.45, 2.75) is 48.3 Å². The molecular formula is C14H15F13NO3+. The van der Waals surface area contributed by atoms with Gasteiger partial charge in [-0.2, -0.15) is 57.1 Å². The number of hydrogen-bond acceptors (Lipinski definition) is 3. The second-order valence-corrected chi connectivity index (χ2v) is 7.03. The Morgan fingerprint density at radius 1 is 0.742 bits per heavy atom. The van der Waals surface area contributed by atoms with Crippen LogP contribution in [0, 0.1) is 0 Å². The molecule has 0 aromatic heterocycles. The highest BCUT2D eigenvalue weighted by molar-refractivity contribution is 5.50. The van der Waals surface area contributed by atoms with Crippen LogP contribution in [0.25, 0.3) is 0 Å². The summed E-state index contributed by atoms with van der Waals surface area (Å²) in [5.41, 5.74) is 0. The van der Waals surface area contributed by atoms with Crippen molar-refractivity contribution in [2.24, 2.45) is 0 Å². The molecule has 184 valence electrons. The Labute approximate surface area is 165 Å². The summed E-state index contributed by atoms with van der Waals surface area (Å²) in [7, 11) is 2.16. The summed E-state index contributed by atoms with van der Waals surface area (Å²) in [6.45, 7) is -2.10. The van der Waals surface area contributed by atoms with Crippen LogP contribution in [0.4, 0.5) is 57.1 Å². The summed E-state index contributed by atoms with van der Waals surface area (Å²) in [4.78, 5) is 20.9. The second-order valence-electron chi connectivity index (χ2n) is 7.03. The number of hydrogen-bond donors (Lipinski definition) is 0. The first-order valence-electron chi connectivity index (χ1n) is 7.75. The average Bonchev–Trinajstić information content (AvgIpc) is 2.52. The van der Waals surface area contributed by atoms with Crippen molar-refractivity contribution in [3.8, 4) is 0 Å². The third kappa shape index (κ3) is 5.34. The van der Waals surface area contributed by atoms with Crippen LogP contribution in [-0.4, -0.2) is 86.3 Å². The fourth-order valence-corrected chi connectivity index (χ4v) is 2.28. The van der Waals surface area contributed by atoms with E-state index in [4.69, 9.17) is 0 Å². The molecule has 0 radical (unpaired) electrons. The molecule has 17 heteroatoms. The molecule has 0 saturated heterocycles. The lowest BCUT2D eigenvalue weighted by atomic mass is 9.91. The number of rotatable bonds is 12. The van der Waals surface area contributed by atoms with E-state index >= 15 is 0 Å². The summed E-state index contributed by atoms with van der Waals surface area (Å²) >= 11 is 0. The van der Waals surface area contributed by atoms with Crippen molar-refractivity contribution in [1.29, 1.82) is 0 Å². The van der Waals surface area contributed by atoms with Crippen molar-refractivity contribution in [1.82, 2.24) is 0 Å². The van der Waals surface area contributed by atoms with Crippen molar-refractivity contribution < 1.29 is 75.9 Å². The zero-order valence-electron chi connectivity index (χ0n) is 15.4. The van der Waals surface area contributed by atoms with E-state index < -0.39 is 72.4 Å². The van der Waals surface area contributed by atoms with Crippen molar-refractivity contribution >= 4 is 12.8 Å². The molecule has 0 amide bonds. The molecule has 0 N–H and O–H groups in total. The van der Waals surface area contributed by atoms with Gasteiger partial charge in [-0.1, -0.05) is 0 Å². The SMILES string of the molecule is C[N+](C)(CC=O)CC(CC(F)(F)C(F)(F)C(F)(F)C(F)(F)C(F)(F)C(F)(F)F)OC=O. The maximum absolute atomic E-state index is 13.9. The first-order chi connectivity index (χ1) is 13.4. The number of halogens is 13. The average molecular weight is 492 g/mol. The Kier molecular flexibility index (Phi) is 8.11. The van der Waals surface area contributed by atoms with E-state index in [0.717, 1.165) is 14.1 Å². The molecule has 0 saturated carbocycles. The Morgan fingerprint density at radius 2 is 1.16 bits per heavy atom. The van der Waals surface area contributed by atoms with Crippen LogP contribution in [0.1, 0.15) is 6.42 Å². The topological polar surface area (TPSA) is 43.4 Å². The summed E-state index contributed by atoms with van der Waals surface area (Å²) in [5.74, 6) is -37.6. The Hall–Kier alpha value is -1.81. The fourth-order valence-electron chi connectivity index (χ4n) is 2.28. The summed E-state index contributed by atoms with van der Waals surface area (Å²) in [6, 6.07) is 0. The van der Waals surface area contributed by atoms with Gasteiger partial charge in [-0.3, -0.25) is 9.59 Å². The van der Waals surface area contributed by atoms with Gasteiger partial charge >= 0.3 is 35.8 Å². The number of carbonyl (C=O) groups excluding carboxylic acids is 2. The van der Waals surface area contributed by atoms with E-state index in [1.54, 1.807) is 0 Å². The largest absolute Gasteiger partial charge is 0.460 e. The van der Waals surface area contributed by atoms with Crippen LogP contribution in [0.15, 0.2) is 0 Å². The van der Waals surface area contributed by atoms with Crippen molar-refractivity contribution in [2.75, 3.05) is 27.2 Å². The number of carbonyl (C=O) groups is 2. The molecule has 0 aromatic rings. The smallest absolute Gasteiger partial charge is 0.458 e. The monoisotopic (exact) mass is 492 g/mol. The molecule has 4 nitrogen and oxygen atoms in total. The zero-order valence-corrected chi connectivity index (χ0v) is 15.4. The molecular weight excluding hydrogens is 477 g/mol. The normalized spacial score (nSPS) is 16.1. The molecule has 0 fully saturated rings.